The number of halogens is 1. The van der Waals surface area contributed by atoms with Crippen LogP contribution >= 0.6 is 15.9 Å². The molecule has 0 heterocycles. The summed E-state index contributed by atoms with van der Waals surface area (Å²) in [5, 5.41) is 0. The maximum absolute atomic E-state index is 5.74. The van der Waals surface area contributed by atoms with Crippen molar-refractivity contribution < 1.29 is 9.47 Å². The molecule has 2 aromatic carbocycles. The molecule has 0 N–H and O–H groups in total. The van der Waals surface area contributed by atoms with Crippen LogP contribution in [0.25, 0.3) is 0 Å². The van der Waals surface area contributed by atoms with E-state index in [1.54, 1.807) is 14.2 Å². The Balaban J connectivity index is 1.86. The average Bonchev–Trinajstić information content (AvgIpc) is 2.54. The van der Waals surface area contributed by atoms with Crippen LogP contribution in [0.4, 0.5) is 0 Å². The van der Waals surface area contributed by atoms with Gasteiger partial charge in [-0.15, -0.1) is 0 Å². The zero-order valence-electron chi connectivity index (χ0n) is 14.3. The van der Waals surface area contributed by atoms with Gasteiger partial charge in [-0.05, 0) is 94.3 Å². The molecule has 0 amide bonds. The number of rotatable bonds is 2. The van der Waals surface area contributed by atoms with Crippen molar-refractivity contribution in [2.75, 3.05) is 14.2 Å². The Kier molecular flexibility index (Phi) is 4.29. The van der Waals surface area contributed by atoms with E-state index >= 15 is 0 Å². The number of aryl methyl sites for hydroxylation is 2. The van der Waals surface area contributed by atoms with Gasteiger partial charge in [0.2, 0.25) is 0 Å². The minimum absolute atomic E-state index is 0.512. The van der Waals surface area contributed by atoms with Crippen LogP contribution in [0.15, 0.2) is 34.8 Å². The van der Waals surface area contributed by atoms with Crippen LogP contribution in [-0.2, 0) is 12.8 Å². The van der Waals surface area contributed by atoms with E-state index in [2.05, 4.69) is 46.3 Å². The fourth-order valence-corrected chi connectivity index (χ4v) is 4.96. The van der Waals surface area contributed by atoms with Gasteiger partial charge in [0.05, 0.1) is 18.7 Å². The van der Waals surface area contributed by atoms with Gasteiger partial charge in [0.1, 0.15) is 11.5 Å². The Hall–Kier alpha value is -1.48. The standard InChI is InChI=1S/C21H23BrO2/c1-23-20-9-6-13-4-3-5-14-11-18(21(24-2)19(22)12-14)16-8-7-15(16)17(20)10-13/h6,9-12,15-16H,3-5,7-8H2,1-2H3. The number of hydrogen-bond donors (Lipinski definition) is 0. The molecule has 24 heavy (non-hydrogen) atoms. The molecule has 0 saturated heterocycles. The summed E-state index contributed by atoms with van der Waals surface area (Å²) in [7, 11) is 3.55. The van der Waals surface area contributed by atoms with Crippen molar-refractivity contribution in [1.29, 1.82) is 0 Å². The lowest BCUT2D eigenvalue weighted by atomic mass is 9.66. The fourth-order valence-electron chi connectivity index (χ4n) is 4.28. The molecule has 2 aliphatic carbocycles. The predicted octanol–water partition coefficient (Wildman–Crippen LogP) is 5.62. The first-order valence-corrected chi connectivity index (χ1v) is 9.53. The Morgan fingerprint density at radius 3 is 2.29 bits per heavy atom. The smallest absolute Gasteiger partial charge is 0.136 e. The topological polar surface area (TPSA) is 18.5 Å². The summed E-state index contributed by atoms with van der Waals surface area (Å²) in [5.74, 6) is 3.07. The molecule has 0 radical (unpaired) electrons. The third kappa shape index (κ3) is 2.63. The zero-order valence-corrected chi connectivity index (χ0v) is 15.9. The average molecular weight is 387 g/mol. The van der Waals surface area contributed by atoms with E-state index in [0.717, 1.165) is 28.8 Å². The molecule has 4 rings (SSSR count). The Morgan fingerprint density at radius 2 is 1.58 bits per heavy atom. The van der Waals surface area contributed by atoms with Gasteiger partial charge < -0.3 is 9.47 Å². The van der Waals surface area contributed by atoms with E-state index in [1.807, 2.05) is 0 Å². The molecule has 2 aromatic rings. The summed E-state index contributed by atoms with van der Waals surface area (Å²) in [6.07, 6.45) is 5.82. The molecule has 1 saturated carbocycles. The maximum atomic E-state index is 5.74. The lowest BCUT2D eigenvalue weighted by Crippen LogP contribution is -2.23. The molecule has 2 aliphatic rings. The number of fused-ring (bicyclic) bond motifs is 7. The molecule has 2 atom stereocenters. The molecular formula is C21H23BrO2. The fraction of sp³-hybridized carbons (Fsp3) is 0.429. The highest BCUT2D eigenvalue weighted by molar-refractivity contribution is 9.10. The van der Waals surface area contributed by atoms with E-state index in [0.29, 0.717) is 11.8 Å². The number of ether oxygens (including phenoxy) is 2. The Bertz CT molecular complexity index is 769. The molecule has 126 valence electrons. The summed E-state index contributed by atoms with van der Waals surface area (Å²) >= 11 is 3.72. The monoisotopic (exact) mass is 386 g/mol. The van der Waals surface area contributed by atoms with Crippen LogP contribution in [-0.4, -0.2) is 14.2 Å². The third-order valence-electron chi connectivity index (χ3n) is 5.63. The maximum Gasteiger partial charge on any atom is 0.136 e. The molecule has 1 fully saturated rings. The highest BCUT2D eigenvalue weighted by Crippen LogP contribution is 2.54. The van der Waals surface area contributed by atoms with Crippen LogP contribution in [0.3, 0.4) is 0 Å². The second kappa shape index (κ2) is 6.44. The van der Waals surface area contributed by atoms with E-state index in [4.69, 9.17) is 9.47 Å². The van der Waals surface area contributed by atoms with Gasteiger partial charge in [-0.2, -0.15) is 0 Å². The number of methoxy groups -OCH3 is 2. The van der Waals surface area contributed by atoms with Crippen molar-refractivity contribution in [3.05, 3.63) is 57.1 Å². The van der Waals surface area contributed by atoms with Gasteiger partial charge in [-0.3, -0.25) is 0 Å². The van der Waals surface area contributed by atoms with Crippen LogP contribution in [0.1, 0.15) is 53.4 Å². The molecule has 0 aliphatic heterocycles. The summed E-state index contributed by atoms with van der Waals surface area (Å²) in [6.45, 7) is 0. The molecule has 2 nitrogen and oxygen atoms in total. The summed E-state index contributed by atoms with van der Waals surface area (Å²) in [5.41, 5.74) is 5.56. The van der Waals surface area contributed by atoms with Gasteiger partial charge in [0.15, 0.2) is 0 Å². The van der Waals surface area contributed by atoms with E-state index < -0.39 is 0 Å². The largest absolute Gasteiger partial charge is 0.496 e. The van der Waals surface area contributed by atoms with Gasteiger partial charge in [-0.25, -0.2) is 0 Å². The summed E-state index contributed by atoms with van der Waals surface area (Å²) < 4.78 is 12.5. The highest BCUT2D eigenvalue weighted by atomic mass is 79.9. The third-order valence-corrected chi connectivity index (χ3v) is 6.22. The van der Waals surface area contributed by atoms with Crippen molar-refractivity contribution in [2.24, 2.45) is 0 Å². The van der Waals surface area contributed by atoms with E-state index in [9.17, 15) is 0 Å². The van der Waals surface area contributed by atoms with Gasteiger partial charge in [0, 0.05) is 0 Å². The SMILES string of the molecule is COc1ccc2cc1C1CCC1c1cc(cc(Br)c1OC)CCC2. The van der Waals surface area contributed by atoms with Gasteiger partial charge >= 0.3 is 0 Å². The van der Waals surface area contributed by atoms with Crippen LogP contribution < -0.4 is 9.47 Å². The molecule has 3 heteroatoms. The quantitative estimate of drug-likeness (QED) is 0.666. The predicted molar refractivity (Wildman–Crippen MR) is 100 cm³/mol. The van der Waals surface area contributed by atoms with Crippen LogP contribution in [0.2, 0.25) is 0 Å². The van der Waals surface area contributed by atoms with Crippen LogP contribution in [0.5, 0.6) is 11.5 Å². The second-order valence-electron chi connectivity index (χ2n) is 6.92. The Morgan fingerprint density at radius 1 is 0.875 bits per heavy atom. The van der Waals surface area contributed by atoms with Crippen molar-refractivity contribution in [3.63, 3.8) is 0 Å². The van der Waals surface area contributed by atoms with E-state index in [-0.39, 0.29) is 0 Å². The van der Waals surface area contributed by atoms with Crippen molar-refractivity contribution in [3.8, 4) is 11.5 Å². The molecule has 0 aromatic heterocycles. The Labute approximate surface area is 152 Å². The van der Waals surface area contributed by atoms with Gasteiger partial charge in [0.25, 0.3) is 0 Å². The number of hydrogen-bond acceptors (Lipinski definition) is 2. The second-order valence-corrected chi connectivity index (χ2v) is 7.77. The van der Waals surface area contributed by atoms with Crippen molar-refractivity contribution in [1.82, 2.24) is 0 Å². The first-order valence-electron chi connectivity index (χ1n) is 8.74. The van der Waals surface area contributed by atoms with Crippen molar-refractivity contribution in [2.45, 2.75) is 43.9 Å². The zero-order chi connectivity index (χ0) is 16.7. The van der Waals surface area contributed by atoms with E-state index in [1.165, 1.54) is 41.5 Å². The molecular weight excluding hydrogens is 364 g/mol. The molecule has 0 spiro atoms. The lowest BCUT2D eigenvalue weighted by Gasteiger charge is -2.39. The summed E-state index contributed by atoms with van der Waals surface area (Å²) in [4.78, 5) is 0. The number of benzene rings is 2. The van der Waals surface area contributed by atoms with Gasteiger partial charge in [-0.1, -0.05) is 18.2 Å². The minimum Gasteiger partial charge on any atom is -0.496 e. The van der Waals surface area contributed by atoms with Crippen LogP contribution in [0, 0.1) is 0 Å². The summed E-state index contributed by atoms with van der Waals surface area (Å²) in [6, 6.07) is 11.4. The lowest BCUT2D eigenvalue weighted by molar-refractivity contribution is 0.315. The first kappa shape index (κ1) is 16.0. The first-order chi connectivity index (χ1) is 11.7. The molecule has 4 bridgehead atoms. The molecule has 2 unspecified atom stereocenters. The normalized spacial score (nSPS) is 22.0. The highest BCUT2D eigenvalue weighted by Gasteiger charge is 2.37. The van der Waals surface area contributed by atoms with Crippen molar-refractivity contribution >= 4 is 15.9 Å². The minimum atomic E-state index is 0.512.